The molecule has 2 nitrogen and oxygen atoms in total. The van der Waals surface area contributed by atoms with Crippen molar-refractivity contribution in [2.75, 3.05) is 39.3 Å². The van der Waals surface area contributed by atoms with Crippen LogP contribution in [0.25, 0.3) is 0 Å². The van der Waals surface area contributed by atoms with Crippen molar-refractivity contribution in [2.24, 2.45) is 0 Å². The second kappa shape index (κ2) is 6.62. The van der Waals surface area contributed by atoms with Crippen molar-refractivity contribution < 1.29 is 8.97 Å². The van der Waals surface area contributed by atoms with Gasteiger partial charge in [0.25, 0.3) is 0 Å². The summed E-state index contributed by atoms with van der Waals surface area (Å²) in [7, 11) is 0. The van der Waals surface area contributed by atoms with E-state index >= 15 is 0 Å². The molecule has 0 aromatic rings. The maximum absolute atomic E-state index is 4.65. The summed E-state index contributed by atoms with van der Waals surface area (Å²) in [6, 6.07) is 0.637. The molecule has 20 heavy (non-hydrogen) atoms. The molecule has 0 bridgehead atoms. The van der Waals surface area contributed by atoms with Gasteiger partial charge < -0.3 is 4.48 Å². The Kier molecular flexibility index (Phi) is 5.30. The van der Waals surface area contributed by atoms with Crippen molar-refractivity contribution in [2.45, 2.75) is 65.3 Å². The largest absolute Gasteiger partial charge is 0.314 e. The molecule has 2 heterocycles. The van der Waals surface area contributed by atoms with Crippen LogP contribution in [0.15, 0.2) is 12.3 Å². The van der Waals surface area contributed by atoms with Gasteiger partial charge in [-0.15, -0.1) is 0 Å². The highest BCUT2D eigenvalue weighted by Gasteiger charge is 2.44. The number of hydrogen-bond donors (Lipinski definition) is 0. The van der Waals surface area contributed by atoms with Crippen LogP contribution in [-0.2, 0) is 0 Å². The number of nitrogens with zero attached hydrogens (tertiary/aromatic N) is 2. The first kappa shape index (κ1) is 16.0. The number of hydrogen-bond acceptors (Lipinski definition) is 0. The smallest absolute Gasteiger partial charge is 0.160 e. The Morgan fingerprint density at radius 3 is 1.80 bits per heavy atom. The zero-order chi connectivity index (χ0) is 14.6. The summed E-state index contributed by atoms with van der Waals surface area (Å²) >= 11 is 0. The molecule has 1 atom stereocenters. The second-order valence-corrected chi connectivity index (χ2v) is 7.18. The Labute approximate surface area is 126 Å². The van der Waals surface area contributed by atoms with Crippen molar-refractivity contribution in [3.63, 3.8) is 0 Å². The average molecular weight is 280 g/mol. The molecule has 0 radical (unpaired) electrons. The maximum Gasteiger partial charge on any atom is 0.160 e. The molecule has 2 rings (SSSR count). The summed E-state index contributed by atoms with van der Waals surface area (Å²) in [5.74, 6) is 0. The molecule has 1 unspecified atom stereocenters. The maximum atomic E-state index is 4.65. The predicted molar refractivity (Wildman–Crippen MR) is 87.4 cm³/mol. The van der Waals surface area contributed by atoms with Crippen LogP contribution in [0.2, 0.25) is 0 Å². The first-order chi connectivity index (χ1) is 9.60. The van der Waals surface area contributed by atoms with Gasteiger partial charge in [-0.2, -0.15) is 0 Å². The van der Waals surface area contributed by atoms with Gasteiger partial charge in [0.05, 0.1) is 39.3 Å². The normalized spacial score (nSPS) is 26.9. The van der Waals surface area contributed by atoms with E-state index in [4.69, 9.17) is 0 Å². The molecular formula is C18H36N2+2. The van der Waals surface area contributed by atoms with Crippen LogP contribution >= 0.6 is 0 Å². The molecule has 2 aliphatic rings. The molecule has 2 heteroatoms. The SMILES string of the molecule is C=C(C(C)[N+]1(CC)CCCCC1)[N+]1(CC)CCCCC1. The van der Waals surface area contributed by atoms with Crippen LogP contribution in [-0.4, -0.2) is 54.3 Å². The van der Waals surface area contributed by atoms with Gasteiger partial charge in [0.15, 0.2) is 11.7 Å². The van der Waals surface area contributed by atoms with E-state index < -0.39 is 0 Å². The van der Waals surface area contributed by atoms with E-state index in [0.29, 0.717) is 6.04 Å². The van der Waals surface area contributed by atoms with Crippen LogP contribution in [0.1, 0.15) is 59.3 Å². The predicted octanol–water partition coefficient (Wildman–Crippen LogP) is 3.93. The van der Waals surface area contributed by atoms with Gasteiger partial charge in [0.1, 0.15) is 0 Å². The minimum atomic E-state index is 0.637. The Morgan fingerprint density at radius 1 is 0.850 bits per heavy atom. The Morgan fingerprint density at radius 2 is 1.35 bits per heavy atom. The average Bonchev–Trinajstić information content (AvgIpc) is 2.54. The van der Waals surface area contributed by atoms with Gasteiger partial charge in [0, 0.05) is 0 Å². The van der Waals surface area contributed by atoms with Gasteiger partial charge in [-0.3, -0.25) is 4.48 Å². The number of likely N-dealkylation sites (N-methyl/N-ethyl adjacent to an activating group) is 2. The van der Waals surface area contributed by atoms with E-state index in [0.717, 1.165) is 0 Å². The fourth-order valence-corrected chi connectivity index (χ4v) is 4.76. The quantitative estimate of drug-likeness (QED) is 0.669. The molecule has 2 fully saturated rings. The fraction of sp³-hybridized carbons (Fsp3) is 0.889. The summed E-state index contributed by atoms with van der Waals surface area (Å²) in [4.78, 5) is 0. The Bertz CT molecular complexity index is 322. The number of quaternary nitrogens is 2. The van der Waals surface area contributed by atoms with E-state index in [9.17, 15) is 0 Å². The lowest BCUT2D eigenvalue weighted by atomic mass is 9.98. The molecule has 2 aliphatic heterocycles. The standard InChI is InChI=1S/C18H36N2/c1-5-19(13-9-7-10-14-19)17(3)18(4)20(6-2)15-11-8-12-16-20/h18H,3,5-16H2,1-2,4H3/q+2. The molecular weight excluding hydrogens is 244 g/mol. The Hall–Kier alpha value is -0.340. The van der Waals surface area contributed by atoms with Crippen molar-refractivity contribution in [1.29, 1.82) is 0 Å². The van der Waals surface area contributed by atoms with Crippen LogP contribution in [0.4, 0.5) is 0 Å². The summed E-state index contributed by atoms with van der Waals surface area (Å²) in [6.45, 7) is 19.8. The highest BCUT2D eigenvalue weighted by molar-refractivity contribution is 4.93. The van der Waals surface area contributed by atoms with Crippen LogP contribution < -0.4 is 0 Å². The summed E-state index contributed by atoms with van der Waals surface area (Å²) in [5, 5.41) is 0. The third-order valence-corrected chi connectivity index (χ3v) is 6.53. The second-order valence-electron chi connectivity index (χ2n) is 7.18. The van der Waals surface area contributed by atoms with Crippen LogP contribution in [0.3, 0.4) is 0 Å². The first-order valence-corrected chi connectivity index (χ1v) is 9.01. The van der Waals surface area contributed by atoms with E-state index in [1.807, 2.05) is 0 Å². The topological polar surface area (TPSA) is 0 Å². The highest BCUT2D eigenvalue weighted by Crippen LogP contribution is 2.33. The number of piperidine rings is 2. The highest BCUT2D eigenvalue weighted by atomic mass is 15.4. The summed E-state index contributed by atoms with van der Waals surface area (Å²) < 4.78 is 2.51. The lowest BCUT2D eigenvalue weighted by Crippen LogP contribution is -2.63. The van der Waals surface area contributed by atoms with Gasteiger partial charge in [0.2, 0.25) is 0 Å². The molecule has 0 aromatic carbocycles. The monoisotopic (exact) mass is 280 g/mol. The Balaban J connectivity index is 2.17. The molecule has 0 spiro atoms. The molecule has 0 N–H and O–H groups in total. The van der Waals surface area contributed by atoms with Crippen molar-refractivity contribution in [1.82, 2.24) is 0 Å². The van der Waals surface area contributed by atoms with E-state index in [1.54, 1.807) is 0 Å². The number of likely N-dealkylation sites (tertiary alicyclic amines) is 2. The van der Waals surface area contributed by atoms with Gasteiger partial charge in [-0.05, 0) is 65.9 Å². The van der Waals surface area contributed by atoms with E-state index in [2.05, 4.69) is 27.4 Å². The van der Waals surface area contributed by atoms with Crippen molar-refractivity contribution in [3.8, 4) is 0 Å². The minimum absolute atomic E-state index is 0.637. The zero-order valence-electron chi connectivity index (χ0n) is 14.2. The van der Waals surface area contributed by atoms with E-state index in [1.165, 1.54) is 92.5 Å². The molecule has 2 saturated heterocycles. The summed E-state index contributed by atoms with van der Waals surface area (Å²) in [6.07, 6.45) is 8.48. The molecule has 0 amide bonds. The third kappa shape index (κ3) is 2.82. The van der Waals surface area contributed by atoms with Crippen molar-refractivity contribution >= 4 is 0 Å². The third-order valence-electron chi connectivity index (χ3n) is 6.53. The lowest BCUT2D eigenvalue weighted by Gasteiger charge is -2.50. The molecule has 0 aromatic heterocycles. The zero-order valence-corrected chi connectivity index (χ0v) is 14.2. The lowest BCUT2D eigenvalue weighted by molar-refractivity contribution is -0.977. The minimum Gasteiger partial charge on any atom is -0.314 e. The van der Waals surface area contributed by atoms with E-state index in [-0.39, 0.29) is 0 Å². The van der Waals surface area contributed by atoms with Gasteiger partial charge in [-0.25, -0.2) is 0 Å². The van der Waals surface area contributed by atoms with Crippen molar-refractivity contribution in [3.05, 3.63) is 12.3 Å². The molecule has 116 valence electrons. The molecule has 0 aliphatic carbocycles. The van der Waals surface area contributed by atoms with Crippen LogP contribution in [0.5, 0.6) is 0 Å². The van der Waals surface area contributed by atoms with Crippen LogP contribution in [0, 0.1) is 0 Å². The van der Waals surface area contributed by atoms with Gasteiger partial charge in [-0.1, -0.05) is 0 Å². The van der Waals surface area contributed by atoms with Gasteiger partial charge >= 0.3 is 0 Å². The fourth-order valence-electron chi connectivity index (χ4n) is 4.76. The number of rotatable bonds is 5. The first-order valence-electron chi connectivity index (χ1n) is 9.01. The molecule has 0 saturated carbocycles. The summed E-state index contributed by atoms with van der Waals surface area (Å²) in [5.41, 5.74) is 1.54.